The second-order valence-electron chi connectivity index (χ2n) is 18.2. The van der Waals surface area contributed by atoms with Crippen LogP contribution in [0.3, 0.4) is 0 Å². The molecule has 10 atom stereocenters. The zero-order chi connectivity index (χ0) is 49.7. The summed E-state index contributed by atoms with van der Waals surface area (Å²) in [5, 5.41) is 0. The van der Waals surface area contributed by atoms with E-state index in [-0.39, 0.29) is 46.2 Å². The molecule has 0 aromatic heterocycles. The molecule has 2 aliphatic heterocycles. The molecule has 0 spiro atoms. The minimum absolute atomic E-state index is 0.124. The van der Waals surface area contributed by atoms with Crippen molar-refractivity contribution in [2.75, 3.05) is 20.3 Å². The highest BCUT2D eigenvalue weighted by Gasteiger charge is 2.54. The molecule has 11 nitrogen and oxygen atoms in total. The molecule has 7 aromatic rings. The number of benzene rings is 7. The van der Waals surface area contributed by atoms with E-state index in [2.05, 4.69) is 0 Å². The zero-order valence-electron chi connectivity index (χ0n) is 41.3. The lowest BCUT2D eigenvalue weighted by atomic mass is 9.95. The third-order valence-corrected chi connectivity index (χ3v) is 12.9. The summed E-state index contributed by atoms with van der Waals surface area (Å²) in [7, 11) is 1.61. The van der Waals surface area contributed by atoms with Crippen LogP contribution < -0.4 is 0 Å². The van der Waals surface area contributed by atoms with Gasteiger partial charge in [0.15, 0.2) is 12.6 Å². The molecule has 2 saturated heterocycles. The Balaban J connectivity index is 1.11. The maximum atomic E-state index is 7.51. The minimum atomic E-state index is -1.09. The molecule has 73 heavy (non-hydrogen) atoms. The summed E-state index contributed by atoms with van der Waals surface area (Å²) < 4.78 is 75.9. The van der Waals surface area contributed by atoms with E-state index in [1.54, 1.807) is 7.11 Å². The number of hydrogen-bond donors (Lipinski definition) is 0. The molecule has 0 bridgehead atoms. The van der Waals surface area contributed by atoms with Gasteiger partial charge >= 0.3 is 0 Å². The summed E-state index contributed by atoms with van der Waals surface area (Å²) in [6.07, 6.45) is -8.10. The van der Waals surface area contributed by atoms with Gasteiger partial charge in [0.05, 0.1) is 59.5 Å². The molecule has 2 fully saturated rings. The molecule has 6 unspecified atom stereocenters. The van der Waals surface area contributed by atoms with E-state index in [0.29, 0.717) is 13.2 Å². The number of rotatable bonds is 26. The van der Waals surface area contributed by atoms with Crippen LogP contribution in [0.25, 0.3) is 0 Å². The van der Waals surface area contributed by atoms with E-state index >= 15 is 0 Å². The van der Waals surface area contributed by atoms with Crippen molar-refractivity contribution in [1.82, 2.24) is 0 Å². The highest BCUT2D eigenvalue weighted by Crippen LogP contribution is 2.37. The normalized spacial score (nSPS) is 24.0. The van der Waals surface area contributed by atoms with Crippen molar-refractivity contribution in [2.45, 2.75) is 108 Å². The van der Waals surface area contributed by atoms with Crippen molar-refractivity contribution in [3.05, 3.63) is 251 Å². The van der Waals surface area contributed by atoms with Gasteiger partial charge in [-0.1, -0.05) is 212 Å². The Kier molecular flexibility index (Phi) is 19.9. The Labute approximate surface area is 429 Å². The molecular weight excluding hydrogens is 921 g/mol. The van der Waals surface area contributed by atoms with Gasteiger partial charge in [0.1, 0.15) is 48.8 Å². The number of ether oxygens (including phenoxy) is 11. The average Bonchev–Trinajstić information content (AvgIpc) is 3.45. The third-order valence-electron chi connectivity index (χ3n) is 12.9. The van der Waals surface area contributed by atoms with Crippen molar-refractivity contribution in [3.63, 3.8) is 0 Å². The van der Waals surface area contributed by atoms with Crippen molar-refractivity contribution < 1.29 is 52.1 Å². The summed E-state index contributed by atoms with van der Waals surface area (Å²) in [6, 6.07) is 70.4. The quantitative estimate of drug-likeness (QED) is 0.0518. The molecule has 9 rings (SSSR count). The van der Waals surface area contributed by atoms with Gasteiger partial charge in [0.25, 0.3) is 0 Å². The van der Waals surface area contributed by atoms with Crippen molar-refractivity contribution >= 4 is 0 Å². The molecular formula is C62H66O11. The predicted octanol–water partition coefficient (Wildman–Crippen LogP) is 10.8. The standard InChI is InChI=1S/C62H66O11/c1-63-61-59(69-42-51-33-19-7-20-34-51)58(68-41-50-31-17-6-18-32-50)56(54(71-61)45-65-38-47-25-11-3-12-26-47)73-62-60(70-43-52-35-21-8-22-36-52)57(67-40-49-29-15-5-16-30-49)55(66-39-48-27-13-4-14-28-48)53(72-62)44-64-37-46-23-9-2-10-24-46/h2-36,53-62H,37-45H2,1H3/t53?,54?,55-,56-,57?,58?,59?,60?,61+,62-/m0/s1. The van der Waals surface area contributed by atoms with E-state index in [4.69, 9.17) is 52.1 Å². The molecule has 0 aliphatic carbocycles. The second-order valence-corrected chi connectivity index (χ2v) is 18.2. The minimum Gasteiger partial charge on any atom is -0.374 e. The Bertz CT molecular complexity index is 2560. The first-order valence-electron chi connectivity index (χ1n) is 25.2. The maximum absolute atomic E-state index is 7.51. The third kappa shape index (κ3) is 15.3. The highest BCUT2D eigenvalue weighted by atomic mass is 16.8. The second kappa shape index (κ2) is 28.0. The van der Waals surface area contributed by atoms with Crippen molar-refractivity contribution in [2.24, 2.45) is 0 Å². The van der Waals surface area contributed by atoms with E-state index < -0.39 is 61.4 Å². The molecule has 0 saturated carbocycles. The first kappa shape index (κ1) is 52.0. The summed E-state index contributed by atoms with van der Waals surface area (Å²) in [6.45, 7) is 2.27. The van der Waals surface area contributed by atoms with E-state index in [1.165, 1.54) is 0 Å². The Morgan fingerprint density at radius 1 is 0.288 bits per heavy atom. The molecule has 7 aromatic carbocycles. The lowest BCUT2D eigenvalue weighted by Crippen LogP contribution is -2.66. The Morgan fingerprint density at radius 3 is 0.890 bits per heavy atom. The van der Waals surface area contributed by atoms with Crippen LogP contribution in [0.1, 0.15) is 38.9 Å². The zero-order valence-corrected chi connectivity index (χ0v) is 41.3. The fourth-order valence-electron chi connectivity index (χ4n) is 9.14. The molecule has 0 N–H and O–H groups in total. The van der Waals surface area contributed by atoms with Gasteiger partial charge in [0.2, 0.25) is 0 Å². The van der Waals surface area contributed by atoms with Crippen LogP contribution in [0.4, 0.5) is 0 Å². The van der Waals surface area contributed by atoms with Crippen LogP contribution >= 0.6 is 0 Å². The van der Waals surface area contributed by atoms with Crippen LogP contribution in [0.5, 0.6) is 0 Å². The molecule has 0 amide bonds. The lowest BCUT2D eigenvalue weighted by molar-refractivity contribution is -0.376. The van der Waals surface area contributed by atoms with Gasteiger partial charge in [-0.15, -0.1) is 0 Å². The fraction of sp³-hybridized carbons (Fsp3) is 0.323. The van der Waals surface area contributed by atoms with Gasteiger partial charge in [-0.3, -0.25) is 0 Å². The topological polar surface area (TPSA) is 102 Å². The molecule has 11 heteroatoms. The lowest BCUT2D eigenvalue weighted by Gasteiger charge is -2.50. The highest BCUT2D eigenvalue weighted by molar-refractivity contribution is 5.19. The molecule has 2 heterocycles. The fourth-order valence-corrected chi connectivity index (χ4v) is 9.14. The maximum Gasteiger partial charge on any atom is 0.187 e. The first-order chi connectivity index (χ1) is 36.2. The summed E-state index contributed by atoms with van der Waals surface area (Å²) in [4.78, 5) is 0. The average molecular weight is 987 g/mol. The van der Waals surface area contributed by atoms with Crippen molar-refractivity contribution in [1.29, 1.82) is 0 Å². The predicted molar refractivity (Wildman–Crippen MR) is 276 cm³/mol. The van der Waals surface area contributed by atoms with Gasteiger partial charge < -0.3 is 52.1 Å². The van der Waals surface area contributed by atoms with E-state index in [0.717, 1.165) is 38.9 Å². The molecule has 0 radical (unpaired) electrons. The van der Waals surface area contributed by atoms with Gasteiger partial charge in [0, 0.05) is 7.11 Å². The van der Waals surface area contributed by atoms with Crippen LogP contribution in [0, 0.1) is 0 Å². The van der Waals surface area contributed by atoms with Gasteiger partial charge in [-0.2, -0.15) is 0 Å². The van der Waals surface area contributed by atoms with Crippen LogP contribution in [-0.4, -0.2) is 81.7 Å². The van der Waals surface area contributed by atoms with E-state index in [1.807, 2.05) is 212 Å². The SMILES string of the molecule is CO[C@@H]1OC(COCc2ccccc2)[C@H](O[C@@H]2OC(COCc3ccccc3)[C@H](OCc3ccccc3)C(OCc3ccccc3)C2OCc2ccccc2)C(OCc2ccccc2)C1OCc1ccccc1. The van der Waals surface area contributed by atoms with E-state index in [9.17, 15) is 0 Å². The smallest absolute Gasteiger partial charge is 0.187 e. The monoisotopic (exact) mass is 986 g/mol. The number of methoxy groups -OCH3 is 1. The summed E-state index contributed by atoms with van der Waals surface area (Å²) >= 11 is 0. The Hall–Kier alpha value is -5.90. The first-order valence-corrected chi connectivity index (χ1v) is 25.2. The summed E-state index contributed by atoms with van der Waals surface area (Å²) in [5.74, 6) is 0. The van der Waals surface area contributed by atoms with Crippen LogP contribution in [-0.2, 0) is 98.4 Å². The summed E-state index contributed by atoms with van der Waals surface area (Å²) in [5.41, 5.74) is 6.95. The van der Waals surface area contributed by atoms with Crippen LogP contribution in [0.2, 0.25) is 0 Å². The largest absolute Gasteiger partial charge is 0.374 e. The van der Waals surface area contributed by atoms with Gasteiger partial charge in [-0.05, 0) is 38.9 Å². The van der Waals surface area contributed by atoms with Crippen LogP contribution in [0.15, 0.2) is 212 Å². The molecule has 2 aliphatic rings. The molecule has 380 valence electrons. The number of hydrogen-bond acceptors (Lipinski definition) is 11. The van der Waals surface area contributed by atoms with Gasteiger partial charge in [-0.25, -0.2) is 0 Å². The Morgan fingerprint density at radius 2 is 0.548 bits per heavy atom. The van der Waals surface area contributed by atoms with Crippen molar-refractivity contribution in [3.8, 4) is 0 Å².